The summed E-state index contributed by atoms with van der Waals surface area (Å²) < 4.78 is 9.81. The van der Waals surface area contributed by atoms with E-state index in [0.717, 1.165) is 29.5 Å². The van der Waals surface area contributed by atoms with E-state index in [4.69, 9.17) is 5.73 Å². The van der Waals surface area contributed by atoms with Crippen LogP contribution in [0.25, 0.3) is 11.3 Å². The van der Waals surface area contributed by atoms with Crippen LogP contribution in [0.15, 0.2) is 12.4 Å². The molecule has 2 rings (SSSR count). The van der Waals surface area contributed by atoms with E-state index in [0.29, 0.717) is 5.82 Å². The maximum atomic E-state index is 5.62. The molecule has 2 N–H and O–H groups in total. The average Bonchev–Trinajstić information content (AvgIpc) is 2.71. The largest absolute Gasteiger partial charge is 0.381 e. The minimum absolute atomic E-state index is 0.473. The summed E-state index contributed by atoms with van der Waals surface area (Å²) >= 11 is 1.12. The van der Waals surface area contributed by atoms with Crippen molar-refractivity contribution in [2.75, 3.05) is 5.73 Å². The highest BCUT2D eigenvalue weighted by molar-refractivity contribution is 6.99. The molecule has 6 heteroatoms. The van der Waals surface area contributed by atoms with E-state index < -0.39 is 0 Å². The third kappa shape index (κ3) is 1.40. The highest BCUT2D eigenvalue weighted by Crippen LogP contribution is 2.22. The molecule has 0 aliphatic carbocycles. The molecule has 0 atom stereocenters. The minimum Gasteiger partial charge on any atom is -0.381 e. The second-order valence-electron chi connectivity index (χ2n) is 2.58. The molecule has 5 nitrogen and oxygen atoms in total. The zero-order valence-corrected chi connectivity index (χ0v) is 7.95. The number of hydrogen-bond donors (Lipinski definition) is 1. The van der Waals surface area contributed by atoms with E-state index in [9.17, 15) is 0 Å². The fraction of sp³-hybridized carbons (Fsp3) is 0.286. The summed E-state index contributed by atoms with van der Waals surface area (Å²) in [5, 5.41) is 4.13. The third-order valence-corrected chi connectivity index (χ3v) is 2.29. The molecule has 2 heterocycles. The van der Waals surface area contributed by atoms with Gasteiger partial charge in [-0.1, -0.05) is 0 Å². The molecule has 0 unspecified atom stereocenters. The molecule has 0 aliphatic rings. The van der Waals surface area contributed by atoms with Crippen molar-refractivity contribution in [2.45, 2.75) is 13.5 Å². The number of nitrogen functional groups attached to an aromatic ring is 1. The predicted octanol–water partition coefficient (Wildman–Crippen LogP) is 1.00. The quantitative estimate of drug-likeness (QED) is 0.776. The zero-order chi connectivity index (χ0) is 9.26. The highest BCUT2D eigenvalue weighted by Gasteiger charge is 2.08. The van der Waals surface area contributed by atoms with Gasteiger partial charge in [-0.3, -0.25) is 4.68 Å². The first kappa shape index (κ1) is 8.18. The van der Waals surface area contributed by atoms with Crippen LogP contribution in [0.5, 0.6) is 0 Å². The third-order valence-electron chi connectivity index (χ3n) is 1.74. The summed E-state index contributed by atoms with van der Waals surface area (Å²) in [7, 11) is 0. The Hall–Kier alpha value is -1.43. The average molecular weight is 195 g/mol. The molecule has 13 heavy (non-hydrogen) atoms. The molecule has 0 bridgehead atoms. The summed E-state index contributed by atoms with van der Waals surface area (Å²) in [5.74, 6) is 0.473. The molecule has 68 valence electrons. The lowest BCUT2D eigenvalue weighted by molar-refractivity contribution is 0.660. The van der Waals surface area contributed by atoms with Gasteiger partial charge in [0.05, 0.1) is 17.9 Å². The molecule has 0 saturated carbocycles. The van der Waals surface area contributed by atoms with Gasteiger partial charge in [-0.2, -0.15) is 13.8 Å². The van der Waals surface area contributed by atoms with Gasteiger partial charge in [-0.15, -0.1) is 0 Å². The van der Waals surface area contributed by atoms with Crippen molar-refractivity contribution in [1.29, 1.82) is 0 Å². The van der Waals surface area contributed by atoms with Crippen LogP contribution in [-0.2, 0) is 6.54 Å². The predicted molar refractivity (Wildman–Crippen MR) is 51.2 cm³/mol. The van der Waals surface area contributed by atoms with Gasteiger partial charge in [-0.25, -0.2) is 0 Å². The molecule has 0 amide bonds. The summed E-state index contributed by atoms with van der Waals surface area (Å²) in [4.78, 5) is 0. The van der Waals surface area contributed by atoms with Gasteiger partial charge in [0.2, 0.25) is 0 Å². The molecule has 2 aromatic rings. The maximum Gasteiger partial charge on any atom is 0.165 e. The Kier molecular flexibility index (Phi) is 1.97. The van der Waals surface area contributed by atoms with Crippen molar-refractivity contribution in [3.8, 4) is 11.3 Å². The topological polar surface area (TPSA) is 69.6 Å². The van der Waals surface area contributed by atoms with E-state index in [2.05, 4.69) is 13.8 Å². The van der Waals surface area contributed by atoms with Crippen molar-refractivity contribution in [1.82, 2.24) is 18.5 Å². The lowest BCUT2D eigenvalue weighted by Gasteiger charge is -1.91. The van der Waals surface area contributed by atoms with Crippen LogP contribution in [0.4, 0.5) is 5.82 Å². The van der Waals surface area contributed by atoms with Gasteiger partial charge in [0, 0.05) is 18.3 Å². The van der Waals surface area contributed by atoms with Crippen LogP contribution in [-0.4, -0.2) is 18.5 Å². The van der Waals surface area contributed by atoms with Crippen LogP contribution in [0.3, 0.4) is 0 Å². The smallest absolute Gasteiger partial charge is 0.165 e. The van der Waals surface area contributed by atoms with Crippen molar-refractivity contribution in [3.05, 3.63) is 12.4 Å². The fourth-order valence-electron chi connectivity index (χ4n) is 1.05. The second kappa shape index (κ2) is 3.14. The molecular formula is C7H9N5S. The van der Waals surface area contributed by atoms with Gasteiger partial charge in [0.25, 0.3) is 0 Å². The molecular weight excluding hydrogens is 186 g/mol. The molecule has 0 aromatic carbocycles. The number of hydrogen-bond acceptors (Lipinski definition) is 5. The number of rotatable bonds is 2. The van der Waals surface area contributed by atoms with Gasteiger partial charge >= 0.3 is 0 Å². The lowest BCUT2D eigenvalue weighted by atomic mass is 10.3. The number of nitrogens with two attached hydrogens (primary N) is 1. The van der Waals surface area contributed by atoms with Gasteiger partial charge in [-0.05, 0) is 6.92 Å². The molecule has 0 aliphatic heterocycles. The molecule has 2 aromatic heterocycles. The van der Waals surface area contributed by atoms with Crippen LogP contribution in [0, 0.1) is 0 Å². The first-order chi connectivity index (χ1) is 6.31. The van der Waals surface area contributed by atoms with Crippen molar-refractivity contribution in [3.63, 3.8) is 0 Å². The van der Waals surface area contributed by atoms with E-state index in [1.54, 1.807) is 6.20 Å². The summed E-state index contributed by atoms with van der Waals surface area (Å²) in [6.07, 6.45) is 3.66. The molecule has 0 spiro atoms. The number of nitrogens with zero attached hydrogens (tertiary/aromatic N) is 4. The standard InChI is InChI=1S/C7H9N5S/c1-2-12-4-5(3-9-12)6-7(8)11-13-10-6/h3-4H,2H2,1H3,(H2,8,11). The zero-order valence-electron chi connectivity index (χ0n) is 7.14. The molecule has 0 fully saturated rings. The minimum atomic E-state index is 0.473. The maximum absolute atomic E-state index is 5.62. The Labute approximate surface area is 79.5 Å². The van der Waals surface area contributed by atoms with Crippen LogP contribution in [0.1, 0.15) is 6.92 Å². The molecule has 0 saturated heterocycles. The van der Waals surface area contributed by atoms with E-state index >= 15 is 0 Å². The number of aryl methyl sites for hydroxylation is 1. The van der Waals surface area contributed by atoms with Gasteiger partial charge < -0.3 is 5.73 Å². The van der Waals surface area contributed by atoms with Gasteiger partial charge in [0.15, 0.2) is 5.82 Å². The van der Waals surface area contributed by atoms with Crippen molar-refractivity contribution >= 4 is 17.5 Å². The number of aromatic nitrogens is 4. The monoisotopic (exact) mass is 195 g/mol. The fourth-order valence-corrected chi connectivity index (χ4v) is 1.55. The molecule has 0 radical (unpaired) electrons. The van der Waals surface area contributed by atoms with Crippen LogP contribution in [0.2, 0.25) is 0 Å². The number of anilines is 1. The Morgan fingerprint density at radius 1 is 1.54 bits per heavy atom. The first-order valence-corrected chi connectivity index (χ1v) is 4.65. The van der Waals surface area contributed by atoms with Crippen molar-refractivity contribution < 1.29 is 0 Å². The summed E-state index contributed by atoms with van der Waals surface area (Å²) in [6, 6.07) is 0. The Morgan fingerprint density at radius 3 is 2.92 bits per heavy atom. The SMILES string of the molecule is CCn1cc(-c2nsnc2N)cn1. The van der Waals surface area contributed by atoms with Crippen LogP contribution >= 0.6 is 11.7 Å². The summed E-state index contributed by atoms with van der Waals surface area (Å²) in [5.41, 5.74) is 7.27. The van der Waals surface area contributed by atoms with E-state index in [-0.39, 0.29) is 0 Å². The second-order valence-corrected chi connectivity index (χ2v) is 3.11. The Balaban J connectivity index is 2.41. The first-order valence-electron chi connectivity index (χ1n) is 3.92. The Morgan fingerprint density at radius 2 is 2.38 bits per heavy atom. The lowest BCUT2D eigenvalue weighted by Crippen LogP contribution is -1.92. The normalized spacial score (nSPS) is 10.5. The van der Waals surface area contributed by atoms with Crippen LogP contribution < -0.4 is 5.73 Å². The highest BCUT2D eigenvalue weighted by atomic mass is 32.1. The van der Waals surface area contributed by atoms with Crippen molar-refractivity contribution in [2.24, 2.45) is 0 Å². The van der Waals surface area contributed by atoms with E-state index in [1.807, 2.05) is 17.8 Å². The van der Waals surface area contributed by atoms with E-state index in [1.165, 1.54) is 0 Å². The summed E-state index contributed by atoms with van der Waals surface area (Å²) in [6.45, 7) is 2.87. The van der Waals surface area contributed by atoms with Gasteiger partial charge in [0.1, 0.15) is 5.69 Å². The Bertz CT molecular complexity index is 404.